The van der Waals surface area contributed by atoms with Crippen molar-refractivity contribution in [3.63, 3.8) is 0 Å². The summed E-state index contributed by atoms with van der Waals surface area (Å²) in [5.41, 5.74) is -1.79. The van der Waals surface area contributed by atoms with E-state index in [0.717, 1.165) is 5.56 Å². The molecule has 6 nitrogen and oxygen atoms in total. The van der Waals surface area contributed by atoms with Gasteiger partial charge in [-0.25, -0.2) is 0 Å². The van der Waals surface area contributed by atoms with Crippen molar-refractivity contribution >= 4 is 5.78 Å². The minimum atomic E-state index is -1.87. The predicted octanol–water partition coefficient (Wildman–Crippen LogP) is 5.06. The SMILES string of the molecule is C/C=C(\C=C/CC12Oc3cc(OCC)cc(OCC)c3[C@]1(O)C(=O)CC2c1ccccc1)OC. The number of hydrogen-bond acceptors (Lipinski definition) is 6. The van der Waals surface area contributed by atoms with Crippen LogP contribution in [-0.2, 0) is 15.1 Å². The topological polar surface area (TPSA) is 74.2 Å². The molecule has 6 heteroatoms. The van der Waals surface area contributed by atoms with Gasteiger partial charge in [-0.15, -0.1) is 0 Å². The van der Waals surface area contributed by atoms with Crippen molar-refractivity contribution in [3.8, 4) is 17.2 Å². The van der Waals surface area contributed by atoms with Crippen LogP contribution < -0.4 is 14.2 Å². The van der Waals surface area contributed by atoms with Gasteiger partial charge < -0.3 is 24.1 Å². The quantitative estimate of drug-likeness (QED) is 0.413. The standard InChI is InChI=1S/C28H32O6/c1-5-20(31-4)14-11-15-27-22(19-12-9-8-10-13-19)18-25(29)28(27,30)26-23(33-7-3)16-21(32-6-2)17-24(26)34-27/h5,8-14,16-17,22,30H,6-7,15,18H2,1-4H3/b14-11-,20-5+/t22?,27?,28-/m1/s1. The highest BCUT2D eigenvalue weighted by Crippen LogP contribution is 2.64. The molecule has 1 heterocycles. The second-order valence-electron chi connectivity index (χ2n) is 8.45. The summed E-state index contributed by atoms with van der Waals surface area (Å²) in [7, 11) is 1.60. The molecule has 1 N–H and O–H groups in total. The third kappa shape index (κ3) is 3.66. The third-order valence-electron chi connectivity index (χ3n) is 6.70. The molecular weight excluding hydrogens is 432 g/mol. The molecule has 0 bridgehead atoms. The highest BCUT2D eigenvalue weighted by molar-refractivity contribution is 5.97. The monoisotopic (exact) mass is 464 g/mol. The number of allylic oxidation sites excluding steroid dienone is 2. The average molecular weight is 465 g/mol. The third-order valence-corrected chi connectivity index (χ3v) is 6.70. The van der Waals surface area contributed by atoms with E-state index in [1.165, 1.54) is 0 Å². The number of ketones is 1. The lowest BCUT2D eigenvalue weighted by molar-refractivity contribution is -0.149. The van der Waals surface area contributed by atoms with Crippen molar-refractivity contribution < 1.29 is 28.8 Å². The van der Waals surface area contributed by atoms with Crippen LogP contribution in [0.1, 0.15) is 50.7 Å². The molecule has 3 atom stereocenters. The molecule has 1 saturated carbocycles. The summed E-state index contributed by atoms with van der Waals surface area (Å²) >= 11 is 0. The maximum Gasteiger partial charge on any atom is 0.196 e. The van der Waals surface area contributed by atoms with Crippen molar-refractivity contribution in [2.45, 2.75) is 50.7 Å². The maximum atomic E-state index is 13.6. The molecule has 2 unspecified atom stereocenters. The van der Waals surface area contributed by atoms with Crippen LogP contribution in [0.25, 0.3) is 0 Å². The van der Waals surface area contributed by atoms with Crippen molar-refractivity contribution in [2.75, 3.05) is 20.3 Å². The second-order valence-corrected chi connectivity index (χ2v) is 8.45. The maximum absolute atomic E-state index is 13.6. The molecule has 0 amide bonds. The van der Waals surface area contributed by atoms with Gasteiger partial charge in [-0.1, -0.05) is 36.4 Å². The lowest BCUT2D eigenvalue weighted by atomic mass is 9.73. The first-order valence-electron chi connectivity index (χ1n) is 11.8. The number of benzene rings is 2. The number of methoxy groups -OCH3 is 1. The van der Waals surface area contributed by atoms with Crippen LogP contribution in [-0.4, -0.2) is 36.8 Å². The van der Waals surface area contributed by atoms with E-state index in [0.29, 0.717) is 48.2 Å². The Kier molecular flexibility index (Phi) is 6.71. The summed E-state index contributed by atoms with van der Waals surface area (Å²) in [4.78, 5) is 13.6. The van der Waals surface area contributed by atoms with Gasteiger partial charge in [0.05, 0.1) is 25.9 Å². The van der Waals surface area contributed by atoms with Crippen LogP contribution in [0.4, 0.5) is 0 Å². The van der Waals surface area contributed by atoms with Crippen molar-refractivity contribution in [2.24, 2.45) is 0 Å². The zero-order chi connectivity index (χ0) is 24.3. The molecule has 1 aliphatic heterocycles. The molecule has 1 fully saturated rings. The molecule has 0 radical (unpaired) electrons. The van der Waals surface area contributed by atoms with Crippen LogP contribution in [0.2, 0.25) is 0 Å². The number of rotatable bonds is 9. The highest BCUT2D eigenvalue weighted by Gasteiger charge is 2.72. The van der Waals surface area contributed by atoms with Crippen molar-refractivity contribution in [1.82, 2.24) is 0 Å². The fourth-order valence-electron chi connectivity index (χ4n) is 5.24. The van der Waals surface area contributed by atoms with E-state index in [4.69, 9.17) is 18.9 Å². The van der Waals surface area contributed by atoms with E-state index in [9.17, 15) is 9.90 Å². The summed E-state index contributed by atoms with van der Waals surface area (Å²) in [5, 5.41) is 12.3. The molecule has 0 saturated heterocycles. The van der Waals surface area contributed by atoms with E-state index >= 15 is 0 Å². The first kappa shape index (κ1) is 23.9. The van der Waals surface area contributed by atoms with Gasteiger partial charge in [-0.3, -0.25) is 4.79 Å². The van der Waals surface area contributed by atoms with Crippen LogP contribution >= 0.6 is 0 Å². The molecule has 2 aliphatic rings. The van der Waals surface area contributed by atoms with E-state index in [-0.39, 0.29) is 18.1 Å². The summed E-state index contributed by atoms with van der Waals surface area (Å²) in [6.45, 7) is 6.49. The largest absolute Gasteiger partial charge is 0.497 e. The molecule has 0 aromatic heterocycles. The van der Waals surface area contributed by atoms with E-state index in [1.807, 2.05) is 69.3 Å². The normalized spacial score (nSPS) is 25.7. The van der Waals surface area contributed by atoms with Gasteiger partial charge in [0.1, 0.15) is 23.0 Å². The molecule has 0 spiro atoms. The Hall–Kier alpha value is -3.25. The van der Waals surface area contributed by atoms with Gasteiger partial charge >= 0.3 is 0 Å². The average Bonchev–Trinajstić information content (AvgIpc) is 3.22. The minimum absolute atomic E-state index is 0.160. The molecule has 34 heavy (non-hydrogen) atoms. The fourth-order valence-corrected chi connectivity index (χ4v) is 5.24. The molecule has 180 valence electrons. The van der Waals surface area contributed by atoms with Crippen LogP contribution in [0.5, 0.6) is 17.2 Å². The lowest BCUT2D eigenvalue weighted by Crippen LogP contribution is -2.53. The Morgan fingerprint density at radius 2 is 1.91 bits per heavy atom. The van der Waals surface area contributed by atoms with E-state index in [2.05, 4.69) is 0 Å². The van der Waals surface area contributed by atoms with Gasteiger partial charge in [-0.05, 0) is 38.5 Å². The Morgan fingerprint density at radius 3 is 2.56 bits per heavy atom. The van der Waals surface area contributed by atoms with Crippen LogP contribution in [0, 0.1) is 0 Å². The minimum Gasteiger partial charge on any atom is -0.497 e. The zero-order valence-corrected chi connectivity index (χ0v) is 20.2. The van der Waals surface area contributed by atoms with Gasteiger partial charge in [0.25, 0.3) is 0 Å². The number of carbonyl (C=O) groups is 1. The Morgan fingerprint density at radius 1 is 1.18 bits per heavy atom. The summed E-state index contributed by atoms with van der Waals surface area (Å²) < 4.78 is 23.6. The molecule has 2 aromatic carbocycles. The molecular formula is C28H32O6. The predicted molar refractivity (Wildman–Crippen MR) is 129 cm³/mol. The Bertz CT molecular complexity index is 1110. The van der Waals surface area contributed by atoms with Crippen LogP contribution in [0.3, 0.4) is 0 Å². The van der Waals surface area contributed by atoms with Crippen molar-refractivity contribution in [3.05, 3.63) is 77.6 Å². The number of Topliss-reactive ketones (excluding diaryl/α,β-unsaturated/α-hetero) is 1. The van der Waals surface area contributed by atoms with E-state index in [1.54, 1.807) is 19.2 Å². The number of hydrogen-bond donors (Lipinski definition) is 1. The first-order valence-corrected chi connectivity index (χ1v) is 11.8. The number of fused-ring (bicyclic) bond motifs is 3. The van der Waals surface area contributed by atoms with Crippen molar-refractivity contribution in [1.29, 1.82) is 0 Å². The summed E-state index contributed by atoms with van der Waals surface area (Å²) in [5.74, 6) is 1.44. The van der Waals surface area contributed by atoms with Gasteiger partial charge in [-0.2, -0.15) is 0 Å². The highest BCUT2D eigenvalue weighted by atomic mass is 16.5. The Balaban J connectivity index is 1.90. The lowest BCUT2D eigenvalue weighted by Gasteiger charge is -2.38. The smallest absolute Gasteiger partial charge is 0.196 e. The summed E-state index contributed by atoms with van der Waals surface area (Å²) in [6, 6.07) is 13.2. The van der Waals surface area contributed by atoms with Gasteiger partial charge in [0, 0.05) is 30.9 Å². The second kappa shape index (κ2) is 9.55. The van der Waals surface area contributed by atoms with Gasteiger partial charge in [0.2, 0.25) is 0 Å². The summed E-state index contributed by atoms with van der Waals surface area (Å²) in [6.07, 6.45) is 6.03. The van der Waals surface area contributed by atoms with Crippen LogP contribution in [0.15, 0.2) is 66.5 Å². The number of carbonyl (C=O) groups excluding carboxylic acids is 1. The number of ether oxygens (including phenoxy) is 4. The first-order chi connectivity index (χ1) is 16.4. The van der Waals surface area contributed by atoms with Gasteiger partial charge in [0.15, 0.2) is 17.0 Å². The number of aliphatic hydroxyl groups is 1. The molecule has 1 aliphatic carbocycles. The Labute approximate surface area is 200 Å². The molecule has 4 rings (SSSR count). The zero-order valence-electron chi connectivity index (χ0n) is 20.2. The van der Waals surface area contributed by atoms with E-state index < -0.39 is 11.2 Å². The fraction of sp³-hybridized carbons (Fsp3) is 0.393. The molecule has 2 aromatic rings.